The van der Waals surface area contributed by atoms with Crippen LogP contribution >= 0.6 is 0 Å². The number of imidazole rings is 2. The van der Waals surface area contributed by atoms with Gasteiger partial charge in [-0.05, 0) is 74.6 Å². The van der Waals surface area contributed by atoms with Crippen molar-refractivity contribution in [2.24, 2.45) is 11.8 Å². The molecule has 16 nitrogen and oxygen atoms in total. The standard InChI is InChI=1S/C42H56N10O6/c1-24(2)35(48-41(55)57-5)39(53)51-17-7-9-32(51)37-43-22-30(46-37)26-15-19-50(20-16-26)34-14-12-27-21-28(11-13-29(27)45-34)31-23-44-38(47-31)33-10-8-18-52(33)40(54)36(25(3)4)49-42(56)58-6/h11-14,21-26,32-33,35-36H,7-10,15-20H2,1-6H3,(H,43,46)(H,44,47)(H,48,55)(H,49,56). The van der Waals surface area contributed by atoms with E-state index in [2.05, 4.69) is 43.7 Å². The van der Waals surface area contributed by atoms with Crippen molar-refractivity contribution in [1.82, 2.24) is 45.4 Å². The molecule has 4 unspecified atom stereocenters. The third kappa shape index (κ3) is 8.46. The largest absolute Gasteiger partial charge is 0.453 e. The summed E-state index contributed by atoms with van der Waals surface area (Å²) in [7, 11) is 2.59. The minimum absolute atomic E-state index is 0.0890. The van der Waals surface area contributed by atoms with Crippen LogP contribution in [0.5, 0.6) is 0 Å². The number of methoxy groups -OCH3 is 2. The third-order valence-electron chi connectivity index (χ3n) is 11.9. The minimum Gasteiger partial charge on any atom is -0.453 e. The van der Waals surface area contributed by atoms with E-state index in [-0.39, 0.29) is 35.7 Å². The Morgan fingerprint density at radius 1 is 0.724 bits per heavy atom. The molecule has 4 amide bonds. The van der Waals surface area contributed by atoms with Gasteiger partial charge in [0.05, 0.1) is 43.7 Å². The van der Waals surface area contributed by atoms with Gasteiger partial charge in [0.25, 0.3) is 0 Å². The second kappa shape index (κ2) is 17.4. The van der Waals surface area contributed by atoms with Gasteiger partial charge < -0.3 is 44.8 Å². The fraction of sp³-hybridized carbons (Fsp3) is 0.548. The number of fused-ring (bicyclic) bond motifs is 1. The van der Waals surface area contributed by atoms with Crippen molar-refractivity contribution in [3.63, 3.8) is 0 Å². The molecule has 0 aliphatic carbocycles. The molecule has 16 heteroatoms. The number of carbonyl (C=O) groups is 4. The molecule has 7 rings (SSSR count). The summed E-state index contributed by atoms with van der Waals surface area (Å²) in [5.41, 5.74) is 3.83. The Bertz CT molecular complexity index is 2110. The first-order chi connectivity index (χ1) is 27.9. The van der Waals surface area contributed by atoms with E-state index in [0.717, 1.165) is 96.9 Å². The Morgan fingerprint density at radius 3 is 1.86 bits per heavy atom. The molecule has 3 saturated heterocycles. The summed E-state index contributed by atoms with van der Waals surface area (Å²) in [5.74, 6) is 2.34. The molecule has 3 aromatic heterocycles. The summed E-state index contributed by atoms with van der Waals surface area (Å²) >= 11 is 0. The van der Waals surface area contributed by atoms with Crippen LogP contribution < -0.4 is 15.5 Å². The number of aromatic amines is 2. The summed E-state index contributed by atoms with van der Waals surface area (Å²) < 4.78 is 9.54. The van der Waals surface area contributed by atoms with Crippen LogP contribution in [-0.4, -0.2) is 111 Å². The summed E-state index contributed by atoms with van der Waals surface area (Å²) in [5, 5.41) is 6.43. The molecule has 4 N–H and O–H groups in total. The van der Waals surface area contributed by atoms with Gasteiger partial charge in [0.15, 0.2) is 0 Å². The van der Waals surface area contributed by atoms with E-state index in [1.165, 1.54) is 14.2 Å². The molecule has 58 heavy (non-hydrogen) atoms. The molecule has 1 aromatic carbocycles. The van der Waals surface area contributed by atoms with Crippen LogP contribution in [0.1, 0.15) is 102 Å². The number of alkyl carbamates (subject to hydrolysis) is 2. The number of pyridine rings is 1. The maximum atomic E-state index is 13.6. The van der Waals surface area contributed by atoms with Crippen LogP contribution in [0, 0.1) is 11.8 Å². The van der Waals surface area contributed by atoms with Crippen molar-refractivity contribution in [3.8, 4) is 11.3 Å². The van der Waals surface area contributed by atoms with Gasteiger partial charge in [0.2, 0.25) is 11.8 Å². The minimum atomic E-state index is -0.687. The van der Waals surface area contributed by atoms with Crippen molar-refractivity contribution < 1.29 is 28.7 Å². The third-order valence-corrected chi connectivity index (χ3v) is 11.9. The molecule has 0 spiro atoms. The Kier molecular flexibility index (Phi) is 12.2. The molecule has 4 atom stereocenters. The molecule has 0 saturated carbocycles. The van der Waals surface area contributed by atoms with Gasteiger partial charge >= 0.3 is 12.2 Å². The topological polar surface area (TPSA) is 191 Å². The van der Waals surface area contributed by atoms with E-state index in [0.29, 0.717) is 19.0 Å². The maximum absolute atomic E-state index is 13.6. The van der Waals surface area contributed by atoms with Crippen molar-refractivity contribution in [1.29, 1.82) is 0 Å². The molecule has 0 bridgehead atoms. The molecule has 3 fully saturated rings. The van der Waals surface area contributed by atoms with Gasteiger partial charge in [-0.25, -0.2) is 24.5 Å². The number of nitrogens with one attached hydrogen (secondary N) is 4. The average molecular weight is 797 g/mol. The maximum Gasteiger partial charge on any atom is 0.407 e. The zero-order chi connectivity index (χ0) is 41.1. The second-order valence-electron chi connectivity index (χ2n) is 16.3. The number of hydrogen-bond donors (Lipinski definition) is 4. The predicted molar refractivity (Wildman–Crippen MR) is 218 cm³/mol. The number of benzene rings is 1. The van der Waals surface area contributed by atoms with Gasteiger partial charge in [0.1, 0.15) is 29.6 Å². The van der Waals surface area contributed by atoms with E-state index >= 15 is 0 Å². The van der Waals surface area contributed by atoms with Gasteiger partial charge in [-0.3, -0.25) is 9.59 Å². The Morgan fingerprint density at radius 2 is 1.29 bits per heavy atom. The van der Waals surface area contributed by atoms with E-state index < -0.39 is 24.3 Å². The predicted octanol–water partition coefficient (Wildman–Crippen LogP) is 5.82. The van der Waals surface area contributed by atoms with Crippen molar-refractivity contribution in [2.45, 2.75) is 96.3 Å². The fourth-order valence-electron chi connectivity index (χ4n) is 8.64. The summed E-state index contributed by atoms with van der Waals surface area (Å²) in [6, 6.07) is 8.66. The number of H-pyrrole nitrogens is 2. The monoisotopic (exact) mass is 796 g/mol. The van der Waals surface area contributed by atoms with Crippen molar-refractivity contribution in [2.75, 3.05) is 45.3 Å². The number of aromatic nitrogens is 5. The summed E-state index contributed by atoms with van der Waals surface area (Å²) in [4.78, 5) is 78.6. The highest BCUT2D eigenvalue weighted by atomic mass is 16.5. The molecule has 310 valence electrons. The summed E-state index contributed by atoms with van der Waals surface area (Å²) in [6.07, 6.45) is 7.72. The van der Waals surface area contributed by atoms with Gasteiger partial charge in [-0.1, -0.05) is 33.8 Å². The van der Waals surface area contributed by atoms with Gasteiger partial charge in [-0.15, -0.1) is 0 Å². The van der Waals surface area contributed by atoms with Crippen LogP contribution in [0.4, 0.5) is 15.4 Å². The number of anilines is 1. The van der Waals surface area contributed by atoms with E-state index in [1.54, 1.807) is 0 Å². The second-order valence-corrected chi connectivity index (χ2v) is 16.3. The number of rotatable bonds is 11. The quantitative estimate of drug-likeness (QED) is 0.144. The molecule has 0 radical (unpaired) electrons. The van der Waals surface area contributed by atoms with Gasteiger partial charge in [0, 0.05) is 54.9 Å². The van der Waals surface area contributed by atoms with Crippen LogP contribution in [0.25, 0.3) is 22.2 Å². The highest BCUT2D eigenvalue weighted by Crippen LogP contribution is 2.36. The first-order valence-electron chi connectivity index (χ1n) is 20.5. The lowest BCUT2D eigenvalue weighted by Crippen LogP contribution is -2.51. The van der Waals surface area contributed by atoms with Crippen LogP contribution in [0.3, 0.4) is 0 Å². The molecule has 3 aliphatic heterocycles. The summed E-state index contributed by atoms with van der Waals surface area (Å²) in [6.45, 7) is 10.6. The lowest BCUT2D eigenvalue weighted by molar-refractivity contribution is -0.136. The van der Waals surface area contributed by atoms with Crippen molar-refractivity contribution in [3.05, 3.63) is 60.1 Å². The van der Waals surface area contributed by atoms with E-state index in [1.807, 2.05) is 62.0 Å². The molecular formula is C42H56N10O6. The van der Waals surface area contributed by atoms with E-state index in [4.69, 9.17) is 24.4 Å². The fourth-order valence-corrected chi connectivity index (χ4v) is 8.64. The molecular weight excluding hydrogens is 741 g/mol. The number of ether oxygens (including phenoxy) is 2. The highest BCUT2D eigenvalue weighted by Gasteiger charge is 2.39. The average Bonchev–Trinajstić information content (AvgIpc) is 4.07. The number of hydrogen-bond acceptors (Lipinski definition) is 10. The van der Waals surface area contributed by atoms with Crippen molar-refractivity contribution >= 4 is 40.7 Å². The van der Waals surface area contributed by atoms with Crippen LogP contribution in [-0.2, 0) is 19.1 Å². The Hall–Kier alpha value is -5.67. The first kappa shape index (κ1) is 40.5. The Labute approximate surface area is 338 Å². The Balaban J connectivity index is 0.969. The van der Waals surface area contributed by atoms with Gasteiger partial charge in [-0.2, -0.15) is 0 Å². The molecule has 4 aromatic rings. The first-order valence-corrected chi connectivity index (χ1v) is 20.5. The normalized spacial score (nSPS) is 19.8. The van der Waals surface area contributed by atoms with E-state index in [9.17, 15) is 19.2 Å². The molecule has 3 aliphatic rings. The molecule has 6 heterocycles. The lowest BCUT2D eigenvalue weighted by Gasteiger charge is -2.32. The zero-order valence-electron chi connectivity index (χ0n) is 34.3. The smallest absolute Gasteiger partial charge is 0.407 e. The van der Waals surface area contributed by atoms with Crippen LogP contribution in [0.15, 0.2) is 42.7 Å². The zero-order valence-corrected chi connectivity index (χ0v) is 34.3. The van der Waals surface area contributed by atoms with Crippen LogP contribution in [0.2, 0.25) is 0 Å². The number of amides is 4. The number of nitrogens with zero attached hydrogens (tertiary/aromatic N) is 6. The lowest BCUT2D eigenvalue weighted by atomic mass is 9.94. The highest BCUT2D eigenvalue weighted by molar-refractivity contribution is 5.88. The number of likely N-dealkylation sites (tertiary alicyclic amines) is 2. The SMILES string of the molecule is COC(=O)NC(C(=O)N1CCCC1c1ncc(-c2ccc3nc(N4CCC(c5cnc(C6CCCN6C(=O)C(NC(=O)OC)C(C)C)[nH]5)CC4)ccc3c2)[nH]1)C(C)C. The number of carbonyl (C=O) groups excluding carboxylic acids is 4. The number of piperidine rings is 1.